The Morgan fingerprint density at radius 3 is 2.36 bits per heavy atom. The summed E-state index contributed by atoms with van der Waals surface area (Å²) in [4.78, 5) is 11.4. The highest BCUT2D eigenvalue weighted by Crippen LogP contribution is 2.34. The van der Waals surface area contributed by atoms with Crippen LogP contribution in [0.5, 0.6) is 0 Å². The van der Waals surface area contributed by atoms with E-state index in [0.717, 1.165) is 19.4 Å². The van der Waals surface area contributed by atoms with Crippen LogP contribution < -0.4 is 10.6 Å². The fourth-order valence-electron chi connectivity index (χ4n) is 1.36. The van der Waals surface area contributed by atoms with E-state index >= 15 is 0 Å². The van der Waals surface area contributed by atoms with E-state index in [4.69, 9.17) is 4.74 Å². The van der Waals surface area contributed by atoms with E-state index in [1.807, 2.05) is 27.8 Å². The van der Waals surface area contributed by atoms with Crippen LogP contribution in [0.2, 0.25) is 0 Å². The van der Waals surface area contributed by atoms with Crippen LogP contribution >= 0.6 is 0 Å². The van der Waals surface area contributed by atoms with Crippen molar-refractivity contribution in [3.05, 3.63) is 0 Å². The van der Waals surface area contributed by atoms with Gasteiger partial charge in [0.2, 0.25) is 0 Å². The molecule has 0 atom stereocenters. The first-order valence-corrected chi connectivity index (χ1v) is 5.03. The molecule has 0 aromatic rings. The number of likely N-dealkylation sites (N-methyl/N-ethyl adjacent to an activating group) is 1. The molecule has 82 valence electrons. The van der Waals surface area contributed by atoms with E-state index in [-0.39, 0.29) is 11.6 Å². The third-order valence-electron chi connectivity index (χ3n) is 2.13. The molecule has 1 saturated carbocycles. The van der Waals surface area contributed by atoms with E-state index in [1.54, 1.807) is 0 Å². The van der Waals surface area contributed by atoms with Crippen LogP contribution in [0.1, 0.15) is 33.6 Å². The standard InChI is InChI=1S/C10H20N2O2/c1-9(2,3)14-8(13)12-10(5-6-10)7-11-4/h11H,5-7H2,1-4H3,(H,12,13). The summed E-state index contributed by atoms with van der Waals surface area (Å²) in [5.41, 5.74) is -0.461. The van der Waals surface area contributed by atoms with Crippen LogP contribution in [0, 0.1) is 0 Å². The van der Waals surface area contributed by atoms with Gasteiger partial charge >= 0.3 is 6.09 Å². The molecule has 0 aromatic carbocycles. The number of carbonyl (C=O) groups is 1. The molecule has 0 spiro atoms. The number of ether oxygens (including phenoxy) is 1. The zero-order valence-corrected chi connectivity index (χ0v) is 9.44. The Balaban J connectivity index is 2.34. The van der Waals surface area contributed by atoms with Crippen LogP contribution in [-0.2, 0) is 4.74 Å². The van der Waals surface area contributed by atoms with Gasteiger partial charge in [-0.1, -0.05) is 0 Å². The van der Waals surface area contributed by atoms with Crippen molar-refractivity contribution in [2.45, 2.75) is 44.8 Å². The average Bonchev–Trinajstić information content (AvgIpc) is 2.64. The Morgan fingerprint density at radius 2 is 2.00 bits per heavy atom. The van der Waals surface area contributed by atoms with Crippen LogP contribution in [-0.4, -0.2) is 30.8 Å². The van der Waals surface area contributed by atoms with Crippen LogP contribution in [0.25, 0.3) is 0 Å². The molecule has 0 aromatic heterocycles. The minimum absolute atomic E-state index is 0.0446. The lowest BCUT2D eigenvalue weighted by atomic mass is 10.2. The van der Waals surface area contributed by atoms with Crippen molar-refractivity contribution in [3.8, 4) is 0 Å². The van der Waals surface area contributed by atoms with Crippen LogP contribution in [0.3, 0.4) is 0 Å². The average molecular weight is 200 g/mol. The summed E-state index contributed by atoms with van der Waals surface area (Å²) in [6.45, 7) is 6.41. The SMILES string of the molecule is CNCC1(NC(=O)OC(C)(C)C)CC1. The number of hydrogen-bond acceptors (Lipinski definition) is 3. The second-order valence-corrected chi connectivity index (χ2v) is 4.94. The van der Waals surface area contributed by atoms with Crippen molar-refractivity contribution < 1.29 is 9.53 Å². The monoisotopic (exact) mass is 200 g/mol. The normalized spacial score (nSPS) is 18.9. The van der Waals surface area contributed by atoms with E-state index in [2.05, 4.69) is 10.6 Å². The number of amides is 1. The minimum atomic E-state index is -0.417. The lowest BCUT2D eigenvalue weighted by Gasteiger charge is -2.23. The predicted octanol–water partition coefficient (Wildman–Crippen LogP) is 1.26. The second-order valence-electron chi connectivity index (χ2n) is 4.94. The smallest absolute Gasteiger partial charge is 0.408 e. The maximum Gasteiger partial charge on any atom is 0.408 e. The van der Waals surface area contributed by atoms with Gasteiger partial charge in [0, 0.05) is 6.54 Å². The molecule has 0 heterocycles. The van der Waals surface area contributed by atoms with Gasteiger partial charge < -0.3 is 15.4 Å². The Labute approximate surface area is 85.4 Å². The first kappa shape index (κ1) is 11.3. The molecule has 1 aliphatic carbocycles. The number of rotatable bonds is 3. The van der Waals surface area contributed by atoms with Crippen molar-refractivity contribution in [1.29, 1.82) is 0 Å². The quantitative estimate of drug-likeness (QED) is 0.721. The topological polar surface area (TPSA) is 50.4 Å². The van der Waals surface area contributed by atoms with Crippen molar-refractivity contribution in [2.75, 3.05) is 13.6 Å². The van der Waals surface area contributed by atoms with Gasteiger partial charge in [-0.15, -0.1) is 0 Å². The van der Waals surface area contributed by atoms with E-state index in [0.29, 0.717) is 0 Å². The molecule has 0 saturated heterocycles. The van der Waals surface area contributed by atoms with E-state index in [1.165, 1.54) is 0 Å². The van der Waals surface area contributed by atoms with Crippen molar-refractivity contribution >= 4 is 6.09 Å². The molecular weight excluding hydrogens is 180 g/mol. The van der Waals surface area contributed by atoms with E-state index < -0.39 is 5.60 Å². The van der Waals surface area contributed by atoms with Gasteiger partial charge in [0.15, 0.2) is 0 Å². The number of hydrogen-bond donors (Lipinski definition) is 2. The maximum absolute atomic E-state index is 11.4. The lowest BCUT2D eigenvalue weighted by Crippen LogP contribution is -2.45. The predicted molar refractivity (Wildman–Crippen MR) is 55.3 cm³/mol. The third kappa shape index (κ3) is 3.54. The van der Waals surface area contributed by atoms with Crippen molar-refractivity contribution in [2.24, 2.45) is 0 Å². The summed E-state index contributed by atoms with van der Waals surface area (Å²) in [6.07, 6.45) is 1.76. The second kappa shape index (κ2) is 3.77. The Morgan fingerprint density at radius 1 is 1.43 bits per heavy atom. The largest absolute Gasteiger partial charge is 0.444 e. The zero-order chi connectivity index (χ0) is 10.8. The van der Waals surface area contributed by atoms with Gasteiger partial charge in [-0.2, -0.15) is 0 Å². The highest BCUT2D eigenvalue weighted by Gasteiger charge is 2.44. The van der Waals surface area contributed by atoms with Gasteiger partial charge in [-0.3, -0.25) is 0 Å². The number of carbonyl (C=O) groups excluding carboxylic acids is 1. The van der Waals surface area contributed by atoms with Crippen LogP contribution in [0.4, 0.5) is 4.79 Å². The highest BCUT2D eigenvalue weighted by molar-refractivity contribution is 5.69. The Hall–Kier alpha value is -0.770. The molecule has 4 heteroatoms. The Kier molecular flexibility index (Phi) is 3.04. The summed E-state index contributed by atoms with van der Waals surface area (Å²) in [5, 5.41) is 5.97. The molecule has 1 aliphatic rings. The molecular formula is C10H20N2O2. The summed E-state index contributed by atoms with van der Waals surface area (Å²) < 4.78 is 5.18. The summed E-state index contributed by atoms with van der Waals surface area (Å²) >= 11 is 0. The van der Waals surface area contributed by atoms with Gasteiger partial charge in [0.25, 0.3) is 0 Å². The molecule has 1 rings (SSSR count). The maximum atomic E-state index is 11.4. The molecule has 4 nitrogen and oxygen atoms in total. The van der Waals surface area contributed by atoms with Gasteiger partial charge in [0.1, 0.15) is 5.60 Å². The first-order valence-electron chi connectivity index (χ1n) is 5.03. The molecule has 1 amide bonds. The highest BCUT2D eigenvalue weighted by atomic mass is 16.6. The zero-order valence-electron chi connectivity index (χ0n) is 9.44. The van der Waals surface area contributed by atoms with Gasteiger partial charge in [0.05, 0.1) is 5.54 Å². The molecule has 0 unspecified atom stereocenters. The molecule has 2 N–H and O–H groups in total. The molecule has 0 radical (unpaired) electrons. The van der Waals surface area contributed by atoms with Crippen molar-refractivity contribution in [1.82, 2.24) is 10.6 Å². The first-order chi connectivity index (χ1) is 6.37. The molecule has 0 bridgehead atoms. The summed E-state index contributed by atoms with van der Waals surface area (Å²) in [5.74, 6) is 0. The van der Waals surface area contributed by atoms with Gasteiger partial charge in [-0.25, -0.2) is 4.79 Å². The minimum Gasteiger partial charge on any atom is -0.444 e. The van der Waals surface area contributed by atoms with Gasteiger partial charge in [-0.05, 0) is 40.7 Å². The molecule has 1 fully saturated rings. The third-order valence-corrected chi connectivity index (χ3v) is 2.13. The van der Waals surface area contributed by atoms with Crippen molar-refractivity contribution in [3.63, 3.8) is 0 Å². The molecule has 0 aliphatic heterocycles. The fourth-order valence-corrected chi connectivity index (χ4v) is 1.36. The Bertz CT molecular complexity index is 217. The van der Waals surface area contributed by atoms with Crippen LogP contribution in [0.15, 0.2) is 0 Å². The number of alkyl carbamates (subject to hydrolysis) is 1. The number of nitrogens with one attached hydrogen (secondary N) is 2. The molecule has 14 heavy (non-hydrogen) atoms. The summed E-state index contributed by atoms with van der Waals surface area (Å²) in [6, 6.07) is 0. The lowest BCUT2D eigenvalue weighted by molar-refractivity contribution is 0.0497. The fraction of sp³-hybridized carbons (Fsp3) is 0.900. The summed E-state index contributed by atoms with van der Waals surface area (Å²) in [7, 11) is 1.89. The van der Waals surface area contributed by atoms with E-state index in [9.17, 15) is 4.79 Å².